The van der Waals surface area contributed by atoms with Gasteiger partial charge in [-0.1, -0.05) is 13.3 Å². The van der Waals surface area contributed by atoms with E-state index in [1.165, 1.54) is 13.5 Å². The summed E-state index contributed by atoms with van der Waals surface area (Å²) in [5.74, 6) is 0.940. The van der Waals surface area contributed by atoms with Gasteiger partial charge in [-0.05, 0) is 43.7 Å². The fourth-order valence-electron chi connectivity index (χ4n) is 2.75. The van der Waals surface area contributed by atoms with E-state index in [9.17, 15) is 4.79 Å². The van der Waals surface area contributed by atoms with Crippen LogP contribution in [0.15, 0.2) is 18.2 Å². The highest BCUT2D eigenvalue weighted by Crippen LogP contribution is 2.30. The van der Waals surface area contributed by atoms with Crippen LogP contribution in [0, 0.1) is 5.92 Å². The molecule has 0 unspecified atom stereocenters. The van der Waals surface area contributed by atoms with Crippen LogP contribution in [-0.4, -0.2) is 19.2 Å². The van der Waals surface area contributed by atoms with Crippen molar-refractivity contribution in [1.29, 1.82) is 0 Å². The summed E-state index contributed by atoms with van der Waals surface area (Å²) in [7, 11) is 1.53. The summed E-state index contributed by atoms with van der Waals surface area (Å²) in [5, 5.41) is 0. The molecule has 0 bridgehead atoms. The molecule has 0 aromatic heterocycles. The first kappa shape index (κ1) is 14.7. The third kappa shape index (κ3) is 3.44. The Balaban J connectivity index is 1.98. The third-order valence-electron chi connectivity index (χ3n) is 4.09. The summed E-state index contributed by atoms with van der Waals surface area (Å²) in [6, 6.07) is 4.99. The van der Waals surface area contributed by atoms with E-state index < -0.39 is 0 Å². The second kappa shape index (κ2) is 6.64. The number of carbonyl (C=O) groups is 1. The molecule has 0 heterocycles. The van der Waals surface area contributed by atoms with Gasteiger partial charge in [0, 0.05) is 11.8 Å². The molecule has 110 valence electrons. The van der Waals surface area contributed by atoms with Gasteiger partial charge in [0.25, 0.3) is 0 Å². The van der Waals surface area contributed by atoms with Gasteiger partial charge in [-0.15, -0.1) is 0 Å². The van der Waals surface area contributed by atoms with Crippen molar-refractivity contribution in [2.75, 3.05) is 12.8 Å². The molecular formula is C16H23NO3. The van der Waals surface area contributed by atoms with Crippen molar-refractivity contribution in [2.45, 2.75) is 45.1 Å². The van der Waals surface area contributed by atoms with E-state index in [1.807, 2.05) is 0 Å². The van der Waals surface area contributed by atoms with Crippen LogP contribution in [0.5, 0.6) is 5.75 Å². The molecule has 1 aliphatic rings. The molecule has 1 fully saturated rings. The molecule has 1 aliphatic carbocycles. The maximum atomic E-state index is 12.2. The number of anilines is 1. The van der Waals surface area contributed by atoms with Crippen molar-refractivity contribution in [3.63, 3.8) is 0 Å². The Morgan fingerprint density at radius 1 is 1.30 bits per heavy atom. The van der Waals surface area contributed by atoms with Crippen LogP contribution in [0.25, 0.3) is 0 Å². The maximum absolute atomic E-state index is 12.2. The Morgan fingerprint density at radius 2 is 2.00 bits per heavy atom. The lowest BCUT2D eigenvalue weighted by Gasteiger charge is -2.27. The number of hydrogen-bond donors (Lipinski definition) is 1. The van der Waals surface area contributed by atoms with E-state index in [0.29, 0.717) is 17.0 Å². The quantitative estimate of drug-likeness (QED) is 0.676. The number of esters is 1. The second-order valence-corrected chi connectivity index (χ2v) is 5.42. The van der Waals surface area contributed by atoms with Crippen molar-refractivity contribution < 1.29 is 14.3 Å². The van der Waals surface area contributed by atoms with Gasteiger partial charge in [0.05, 0.1) is 7.11 Å². The van der Waals surface area contributed by atoms with E-state index in [1.54, 1.807) is 18.2 Å². The van der Waals surface area contributed by atoms with Gasteiger partial charge in [-0.3, -0.25) is 0 Å². The first-order valence-electron chi connectivity index (χ1n) is 7.28. The standard InChI is InChI=1S/C16H23NO3/c1-3-11-4-7-13(8-5-11)20-16(18)14-9-6-12(17)10-15(14)19-2/h6,9-11,13H,3-5,7-8,17H2,1-2H3. The number of hydrogen-bond acceptors (Lipinski definition) is 4. The van der Waals surface area contributed by atoms with Crippen LogP contribution in [0.4, 0.5) is 5.69 Å². The van der Waals surface area contributed by atoms with Gasteiger partial charge in [-0.2, -0.15) is 0 Å². The molecule has 4 heteroatoms. The van der Waals surface area contributed by atoms with Gasteiger partial charge in [0.15, 0.2) is 0 Å². The monoisotopic (exact) mass is 277 g/mol. The van der Waals surface area contributed by atoms with Crippen LogP contribution < -0.4 is 10.5 Å². The Kier molecular flexibility index (Phi) is 4.88. The van der Waals surface area contributed by atoms with Gasteiger partial charge >= 0.3 is 5.97 Å². The first-order chi connectivity index (χ1) is 9.63. The van der Waals surface area contributed by atoms with Gasteiger partial charge in [0.2, 0.25) is 0 Å². The molecule has 0 aliphatic heterocycles. The molecule has 0 radical (unpaired) electrons. The predicted molar refractivity (Wildman–Crippen MR) is 78.9 cm³/mol. The number of carbonyl (C=O) groups excluding carboxylic acids is 1. The van der Waals surface area contributed by atoms with Crippen LogP contribution in [0.3, 0.4) is 0 Å². The van der Waals surface area contributed by atoms with E-state index in [2.05, 4.69) is 6.92 Å². The molecule has 0 amide bonds. The summed E-state index contributed by atoms with van der Waals surface area (Å²) < 4.78 is 10.8. The zero-order chi connectivity index (χ0) is 14.5. The zero-order valence-electron chi connectivity index (χ0n) is 12.2. The van der Waals surface area contributed by atoms with Crippen LogP contribution in [0.2, 0.25) is 0 Å². The molecule has 0 atom stereocenters. The average molecular weight is 277 g/mol. The van der Waals surface area contributed by atoms with Crippen LogP contribution >= 0.6 is 0 Å². The summed E-state index contributed by atoms with van der Waals surface area (Å²) in [6.45, 7) is 2.22. The number of ether oxygens (including phenoxy) is 2. The molecule has 0 spiro atoms. The summed E-state index contributed by atoms with van der Waals surface area (Å²) in [4.78, 5) is 12.2. The highest BCUT2D eigenvalue weighted by atomic mass is 16.5. The lowest BCUT2D eigenvalue weighted by atomic mass is 9.86. The van der Waals surface area contributed by atoms with Crippen molar-refractivity contribution in [3.8, 4) is 5.75 Å². The molecule has 0 saturated heterocycles. The van der Waals surface area contributed by atoms with E-state index in [4.69, 9.17) is 15.2 Å². The maximum Gasteiger partial charge on any atom is 0.342 e. The van der Waals surface area contributed by atoms with Crippen molar-refractivity contribution >= 4 is 11.7 Å². The van der Waals surface area contributed by atoms with E-state index in [-0.39, 0.29) is 12.1 Å². The Bertz CT molecular complexity index is 465. The summed E-state index contributed by atoms with van der Waals surface area (Å²) >= 11 is 0. The molecule has 20 heavy (non-hydrogen) atoms. The minimum Gasteiger partial charge on any atom is -0.496 e. The zero-order valence-corrected chi connectivity index (χ0v) is 12.2. The molecular weight excluding hydrogens is 254 g/mol. The second-order valence-electron chi connectivity index (χ2n) is 5.42. The van der Waals surface area contributed by atoms with Crippen LogP contribution in [-0.2, 0) is 4.74 Å². The fraction of sp³-hybridized carbons (Fsp3) is 0.562. The Labute approximate surface area is 120 Å². The number of nitrogen functional groups attached to an aromatic ring is 1. The molecule has 1 saturated carbocycles. The highest BCUT2D eigenvalue weighted by molar-refractivity contribution is 5.93. The van der Waals surface area contributed by atoms with E-state index >= 15 is 0 Å². The molecule has 1 aromatic carbocycles. The van der Waals surface area contributed by atoms with Crippen molar-refractivity contribution in [2.24, 2.45) is 5.92 Å². The largest absolute Gasteiger partial charge is 0.496 e. The number of benzene rings is 1. The minimum absolute atomic E-state index is 0.0348. The predicted octanol–water partition coefficient (Wildman–Crippen LogP) is 3.40. The fourth-order valence-corrected chi connectivity index (χ4v) is 2.75. The normalized spacial score (nSPS) is 22.3. The molecule has 2 N–H and O–H groups in total. The lowest BCUT2D eigenvalue weighted by molar-refractivity contribution is 0.0161. The Hall–Kier alpha value is -1.71. The highest BCUT2D eigenvalue weighted by Gasteiger charge is 2.24. The van der Waals surface area contributed by atoms with Gasteiger partial charge < -0.3 is 15.2 Å². The molecule has 1 aromatic rings. The third-order valence-corrected chi connectivity index (χ3v) is 4.09. The molecule has 4 nitrogen and oxygen atoms in total. The number of nitrogens with two attached hydrogens (primary N) is 1. The van der Waals surface area contributed by atoms with Crippen LogP contribution in [0.1, 0.15) is 49.4 Å². The minimum atomic E-state index is -0.318. The van der Waals surface area contributed by atoms with Gasteiger partial charge in [0.1, 0.15) is 17.4 Å². The Morgan fingerprint density at radius 3 is 2.60 bits per heavy atom. The number of methoxy groups -OCH3 is 1. The SMILES string of the molecule is CCC1CCC(OC(=O)c2ccc(N)cc2OC)CC1. The average Bonchev–Trinajstić information content (AvgIpc) is 2.47. The lowest BCUT2D eigenvalue weighted by Crippen LogP contribution is -2.24. The summed E-state index contributed by atoms with van der Waals surface area (Å²) in [5.41, 5.74) is 6.70. The van der Waals surface area contributed by atoms with E-state index in [0.717, 1.165) is 31.6 Å². The summed E-state index contributed by atoms with van der Waals surface area (Å²) in [6.07, 6.45) is 5.46. The topological polar surface area (TPSA) is 61.5 Å². The van der Waals surface area contributed by atoms with Crippen molar-refractivity contribution in [1.82, 2.24) is 0 Å². The first-order valence-corrected chi connectivity index (χ1v) is 7.28. The molecule has 2 rings (SSSR count). The van der Waals surface area contributed by atoms with Crippen molar-refractivity contribution in [3.05, 3.63) is 23.8 Å². The smallest absolute Gasteiger partial charge is 0.342 e. The number of rotatable bonds is 4. The van der Waals surface area contributed by atoms with Gasteiger partial charge in [-0.25, -0.2) is 4.79 Å².